The molecule has 2 heterocycles. The summed E-state index contributed by atoms with van der Waals surface area (Å²) < 4.78 is 27.4. The topological polar surface area (TPSA) is 107 Å². The summed E-state index contributed by atoms with van der Waals surface area (Å²) in [5.41, 5.74) is 3.49. The second-order valence-electron chi connectivity index (χ2n) is 10.5. The molecular formula is C34H37NO8. The molecule has 4 aromatic carbocycles. The average Bonchev–Trinajstić information content (AvgIpc) is 3.50. The maximum absolute atomic E-state index is 10.2. The first-order valence-electron chi connectivity index (χ1n) is 14.1. The summed E-state index contributed by atoms with van der Waals surface area (Å²) in [5.74, 6) is 2.36. The molecule has 9 nitrogen and oxygen atoms in total. The lowest BCUT2D eigenvalue weighted by Crippen LogP contribution is -2.35. The molecule has 1 saturated heterocycles. The van der Waals surface area contributed by atoms with Gasteiger partial charge in [-0.3, -0.25) is 4.90 Å². The number of phenols is 1. The molecule has 4 aromatic rings. The highest BCUT2D eigenvalue weighted by atomic mass is 16.5. The Bertz CT molecular complexity index is 1610. The van der Waals surface area contributed by atoms with Crippen molar-refractivity contribution in [2.24, 2.45) is 0 Å². The van der Waals surface area contributed by atoms with Gasteiger partial charge in [0.25, 0.3) is 0 Å². The Morgan fingerprint density at radius 2 is 1.30 bits per heavy atom. The van der Waals surface area contributed by atoms with Gasteiger partial charge in [-0.25, -0.2) is 4.79 Å². The molecule has 0 aromatic heterocycles. The van der Waals surface area contributed by atoms with E-state index in [2.05, 4.69) is 29.2 Å². The Labute approximate surface area is 250 Å². The van der Waals surface area contributed by atoms with Crippen molar-refractivity contribution in [3.05, 3.63) is 65.2 Å². The van der Waals surface area contributed by atoms with Crippen LogP contribution in [0.4, 0.5) is 0 Å². The maximum Gasteiger partial charge on any atom is 0.328 e. The van der Waals surface area contributed by atoms with E-state index in [4.69, 9.17) is 28.8 Å². The van der Waals surface area contributed by atoms with Gasteiger partial charge in [0, 0.05) is 18.7 Å². The summed E-state index contributed by atoms with van der Waals surface area (Å²) in [6.45, 7) is 2.17. The molecule has 2 aliphatic heterocycles. The zero-order valence-electron chi connectivity index (χ0n) is 25.1. The van der Waals surface area contributed by atoms with Crippen LogP contribution in [0.3, 0.4) is 0 Å². The highest BCUT2D eigenvalue weighted by Gasteiger charge is 2.33. The predicted octanol–water partition coefficient (Wildman–Crippen LogP) is 6.05. The number of fused-ring (bicyclic) bond motifs is 7. The third kappa shape index (κ3) is 5.85. The molecule has 0 bridgehead atoms. The molecule has 1 fully saturated rings. The number of carboxylic acid groups (broad SMARTS) is 1. The first-order chi connectivity index (χ1) is 20.8. The second kappa shape index (κ2) is 12.7. The third-order valence-corrected chi connectivity index (χ3v) is 8.27. The van der Waals surface area contributed by atoms with Crippen LogP contribution in [0.15, 0.2) is 48.5 Å². The SMILES string of the molecule is COc1cc(/C=C/C(=O)O)ccc1O.COc1cc2c3c(c4cc(OC)c(OC)cc4c2cc1OC)CN1CCCC1C3. The van der Waals surface area contributed by atoms with Crippen LogP contribution < -0.4 is 23.7 Å². The third-order valence-electron chi connectivity index (χ3n) is 8.27. The van der Waals surface area contributed by atoms with Crippen molar-refractivity contribution in [1.82, 2.24) is 4.90 Å². The molecule has 43 heavy (non-hydrogen) atoms. The number of benzene rings is 4. The molecular weight excluding hydrogens is 550 g/mol. The van der Waals surface area contributed by atoms with Crippen LogP contribution in [0.5, 0.6) is 34.5 Å². The van der Waals surface area contributed by atoms with Crippen LogP contribution in [-0.4, -0.2) is 69.2 Å². The van der Waals surface area contributed by atoms with E-state index in [-0.39, 0.29) is 5.75 Å². The lowest BCUT2D eigenvalue weighted by Gasteiger charge is -2.33. The number of ether oxygens (including phenoxy) is 5. The van der Waals surface area contributed by atoms with Crippen LogP contribution in [0.2, 0.25) is 0 Å². The molecule has 0 amide bonds. The normalized spacial score (nSPS) is 15.9. The van der Waals surface area contributed by atoms with Crippen molar-refractivity contribution in [1.29, 1.82) is 0 Å². The molecule has 0 spiro atoms. The highest BCUT2D eigenvalue weighted by Crippen LogP contribution is 2.46. The van der Waals surface area contributed by atoms with E-state index in [9.17, 15) is 9.90 Å². The van der Waals surface area contributed by atoms with Crippen LogP contribution >= 0.6 is 0 Å². The lowest BCUT2D eigenvalue weighted by atomic mass is 9.85. The molecule has 226 valence electrons. The van der Waals surface area contributed by atoms with E-state index in [1.807, 2.05) is 0 Å². The molecule has 1 atom stereocenters. The molecule has 6 rings (SSSR count). The van der Waals surface area contributed by atoms with Gasteiger partial charge in [-0.2, -0.15) is 0 Å². The summed E-state index contributed by atoms with van der Waals surface area (Å²) in [4.78, 5) is 12.9. The smallest absolute Gasteiger partial charge is 0.328 e. The summed E-state index contributed by atoms with van der Waals surface area (Å²) in [6, 6.07) is 13.7. The lowest BCUT2D eigenvalue weighted by molar-refractivity contribution is -0.131. The number of hydrogen-bond acceptors (Lipinski definition) is 8. The van der Waals surface area contributed by atoms with Gasteiger partial charge >= 0.3 is 5.97 Å². The fraction of sp³-hybridized carbons (Fsp3) is 0.324. The van der Waals surface area contributed by atoms with Gasteiger partial charge in [0.2, 0.25) is 0 Å². The van der Waals surface area contributed by atoms with Crippen molar-refractivity contribution in [2.75, 3.05) is 42.1 Å². The van der Waals surface area contributed by atoms with Crippen LogP contribution in [-0.2, 0) is 17.8 Å². The van der Waals surface area contributed by atoms with Crippen molar-refractivity contribution in [3.8, 4) is 34.5 Å². The Hall–Kier alpha value is -4.63. The van der Waals surface area contributed by atoms with Gasteiger partial charge in [-0.05, 0) is 107 Å². The van der Waals surface area contributed by atoms with Gasteiger partial charge in [0.1, 0.15) is 0 Å². The molecule has 2 aliphatic rings. The number of rotatable bonds is 7. The number of aliphatic carboxylic acids is 1. The minimum absolute atomic E-state index is 0.0278. The first-order valence-corrected chi connectivity index (χ1v) is 14.1. The zero-order chi connectivity index (χ0) is 30.7. The molecule has 0 aliphatic carbocycles. The van der Waals surface area contributed by atoms with Crippen molar-refractivity contribution < 1.29 is 38.7 Å². The van der Waals surface area contributed by atoms with Crippen molar-refractivity contribution >= 4 is 33.6 Å². The van der Waals surface area contributed by atoms with Crippen molar-refractivity contribution in [3.63, 3.8) is 0 Å². The first kappa shape index (κ1) is 29.8. The van der Waals surface area contributed by atoms with E-state index in [1.165, 1.54) is 65.9 Å². The van der Waals surface area contributed by atoms with Gasteiger partial charge in [-0.1, -0.05) is 6.07 Å². The average molecular weight is 588 g/mol. The van der Waals surface area contributed by atoms with Crippen LogP contribution in [0, 0.1) is 0 Å². The Morgan fingerprint density at radius 1 is 0.767 bits per heavy atom. The number of nitrogens with zero attached hydrogens (tertiary/aromatic N) is 1. The number of methoxy groups -OCH3 is 5. The minimum Gasteiger partial charge on any atom is -0.504 e. The molecule has 9 heteroatoms. The second-order valence-corrected chi connectivity index (χ2v) is 10.5. The summed E-state index contributed by atoms with van der Waals surface area (Å²) >= 11 is 0. The Balaban J connectivity index is 0.000000222. The molecule has 2 N–H and O–H groups in total. The quantitative estimate of drug-likeness (QED) is 0.198. The number of hydrogen-bond donors (Lipinski definition) is 2. The fourth-order valence-electron chi connectivity index (χ4n) is 6.18. The van der Waals surface area contributed by atoms with Gasteiger partial charge in [-0.15, -0.1) is 0 Å². The monoisotopic (exact) mass is 587 g/mol. The molecule has 0 radical (unpaired) electrons. The van der Waals surface area contributed by atoms with Crippen LogP contribution in [0.25, 0.3) is 27.6 Å². The summed E-state index contributed by atoms with van der Waals surface area (Å²) in [6.07, 6.45) is 6.07. The zero-order valence-corrected chi connectivity index (χ0v) is 25.1. The summed E-state index contributed by atoms with van der Waals surface area (Å²) in [5, 5.41) is 22.5. The van der Waals surface area contributed by atoms with E-state index in [0.717, 1.165) is 47.4 Å². The van der Waals surface area contributed by atoms with Crippen LogP contribution in [0.1, 0.15) is 29.5 Å². The van der Waals surface area contributed by atoms with Gasteiger partial charge in [0.05, 0.1) is 35.5 Å². The molecule has 0 saturated carbocycles. The number of phenolic OH excluding ortho intramolecular Hbond substituents is 1. The number of aromatic hydroxyl groups is 1. The van der Waals surface area contributed by atoms with E-state index < -0.39 is 5.97 Å². The predicted molar refractivity (Wildman–Crippen MR) is 166 cm³/mol. The summed E-state index contributed by atoms with van der Waals surface area (Å²) in [7, 11) is 8.19. The number of carboxylic acids is 1. The standard InChI is InChI=1S/C24H27NO4.C10H10O4/c1-26-21-9-16-15-8-14-6-5-7-25(14)13-20(15)19-12-24(29-4)23(28-3)11-18(19)17(16)10-22(21)27-2;1-14-9-6-7(2-4-8(9)11)3-5-10(12)13/h9-12,14H,5-8,13H2,1-4H3;2-6,11H,1H3,(H,12,13)/b;5-3+. The fourth-order valence-corrected chi connectivity index (χ4v) is 6.18. The van der Waals surface area contributed by atoms with Crippen molar-refractivity contribution in [2.45, 2.75) is 31.8 Å². The largest absolute Gasteiger partial charge is 0.504 e. The Kier molecular flexibility index (Phi) is 8.82. The Morgan fingerprint density at radius 3 is 1.84 bits per heavy atom. The van der Waals surface area contributed by atoms with E-state index >= 15 is 0 Å². The maximum atomic E-state index is 10.2. The number of carbonyl (C=O) groups is 1. The van der Waals surface area contributed by atoms with E-state index in [0.29, 0.717) is 17.4 Å². The van der Waals surface area contributed by atoms with Gasteiger partial charge in [0.15, 0.2) is 34.5 Å². The van der Waals surface area contributed by atoms with Gasteiger partial charge < -0.3 is 33.9 Å². The van der Waals surface area contributed by atoms with E-state index in [1.54, 1.807) is 40.6 Å². The highest BCUT2D eigenvalue weighted by molar-refractivity contribution is 6.13. The minimum atomic E-state index is -1.02. The molecule has 1 unspecified atom stereocenters.